The van der Waals surface area contributed by atoms with Gasteiger partial charge in [0.1, 0.15) is 5.15 Å². The number of aromatic nitrogens is 1. The van der Waals surface area contributed by atoms with E-state index in [-0.39, 0.29) is 16.6 Å². The molecule has 0 unspecified atom stereocenters. The third-order valence-electron chi connectivity index (χ3n) is 3.02. The molecule has 1 aliphatic heterocycles. The highest BCUT2D eigenvalue weighted by molar-refractivity contribution is 7.89. The van der Waals surface area contributed by atoms with E-state index in [0.29, 0.717) is 26.1 Å². The maximum atomic E-state index is 12.0. The molecule has 0 aliphatic carbocycles. The SMILES string of the molecule is O=S(=O)(NCC1(O)CCOCC1)c1ccnc(Cl)c1. The second-order valence-corrected chi connectivity index (χ2v) is 6.63. The topological polar surface area (TPSA) is 88.5 Å². The summed E-state index contributed by atoms with van der Waals surface area (Å²) in [7, 11) is -3.70. The van der Waals surface area contributed by atoms with Gasteiger partial charge in [0, 0.05) is 38.8 Å². The van der Waals surface area contributed by atoms with Gasteiger partial charge >= 0.3 is 0 Å². The highest BCUT2D eigenvalue weighted by atomic mass is 35.5. The largest absolute Gasteiger partial charge is 0.388 e. The Morgan fingerprint density at radius 1 is 1.47 bits per heavy atom. The van der Waals surface area contributed by atoms with Crippen molar-refractivity contribution in [2.75, 3.05) is 19.8 Å². The number of hydrogen-bond donors (Lipinski definition) is 2. The normalized spacial score (nSPS) is 19.3. The van der Waals surface area contributed by atoms with Gasteiger partial charge in [-0.15, -0.1) is 0 Å². The Morgan fingerprint density at radius 3 is 2.79 bits per heavy atom. The summed E-state index contributed by atoms with van der Waals surface area (Å²) in [5.74, 6) is 0. The Bertz CT molecular complexity index is 543. The first kappa shape index (κ1) is 14.7. The highest BCUT2D eigenvalue weighted by Gasteiger charge is 2.31. The number of ether oxygens (including phenoxy) is 1. The molecular formula is C11H15ClN2O4S. The van der Waals surface area contributed by atoms with E-state index < -0.39 is 15.6 Å². The Balaban J connectivity index is 2.05. The molecule has 1 fully saturated rings. The number of nitrogens with one attached hydrogen (secondary N) is 1. The third-order valence-corrected chi connectivity index (χ3v) is 4.63. The molecule has 2 heterocycles. The molecular weight excluding hydrogens is 292 g/mol. The van der Waals surface area contributed by atoms with Crippen molar-refractivity contribution in [1.29, 1.82) is 0 Å². The fourth-order valence-corrected chi connectivity index (χ4v) is 3.16. The Hall–Kier alpha value is -0.730. The molecule has 0 bridgehead atoms. The molecule has 0 radical (unpaired) electrons. The maximum absolute atomic E-state index is 12.0. The second-order valence-electron chi connectivity index (χ2n) is 4.48. The molecule has 0 aromatic carbocycles. The van der Waals surface area contributed by atoms with Crippen LogP contribution in [0.25, 0.3) is 0 Å². The number of pyridine rings is 1. The summed E-state index contributed by atoms with van der Waals surface area (Å²) < 4.78 is 31.6. The first-order chi connectivity index (χ1) is 8.91. The Labute approximate surface area is 116 Å². The molecule has 6 nitrogen and oxygen atoms in total. The molecule has 106 valence electrons. The maximum Gasteiger partial charge on any atom is 0.240 e. The summed E-state index contributed by atoms with van der Waals surface area (Å²) in [6, 6.07) is 2.61. The highest BCUT2D eigenvalue weighted by Crippen LogP contribution is 2.20. The van der Waals surface area contributed by atoms with E-state index >= 15 is 0 Å². The molecule has 1 aromatic rings. The van der Waals surface area contributed by atoms with Crippen molar-refractivity contribution in [3.05, 3.63) is 23.5 Å². The van der Waals surface area contributed by atoms with Gasteiger partial charge in [-0.05, 0) is 12.1 Å². The predicted octanol–water partition coefficient (Wildman–Crippen LogP) is 0.555. The molecule has 0 atom stereocenters. The van der Waals surface area contributed by atoms with Gasteiger partial charge in [0.25, 0.3) is 0 Å². The monoisotopic (exact) mass is 306 g/mol. The molecule has 0 saturated carbocycles. The fraction of sp³-hybridized carbons (Fsp3) is 0.545. The summed E-state index contributed by atoms with van der Waals surface area (Å²) in [5, 5.41) is 10.3. The number of nitrogens with zero attached hydrogens (tertiary/aromatic N) is 1. The van der Waals surface area contributed by atoms with Crippen molar-refractivity contribution in [2.45, 2.75) is 23.3 Å². The lowest BCUT2D eigenvalue weighted by atomic mass is 9.95. The smallest absolute Gasteiger partial charge is 0.240 e. The van der Waals surface area contributed by atoms with Crippen LogP contribution in [0.4, 0.5) is 0 Å². The second kappa shape index (κ2) is 5.72. The van der Waals surface area contributed by atoms with Gasteiger partial charge in [-0.25, -0.2) is 18.1 Å². The molecule has 1 saturated heterocycles. The van der Waals surface area contributed by atoms with E-state index in [2.05, 4.69) is 9.71 Å². The van der Waals surface area contributed by atoms with Gasteiger partial charge in [0.15, 0.2) is 0 Å². The standard InChI is InChI=1S/C11H15ClN2O4S/c12-10-7-9(1-4-13-10)19(16,17)14-8-11(15)2-5-18-6-3-11/h1,4,7,14-15H,2-3,5-6,8H2. The average molecular weight is 307 g/mol. The Kier molecular flexibility index (Phi) is 4.42. The minimum atomic E-state index is -3.70. The van der Waals surface area contributed by atoms with Gasteiger partial charge in [-0.1, -0.05) is 11.6 Å². The van der Waals surface area contributed by atoms with Crippen molar-refractivity contribution in [1.82, 2.24) is 9.71 Å². The summed E-state index contributed by atoms with van der Waals surface area (Å²) in [4.78, 5) is 3.75. The van der Waals surface area contributed by atoms with Gasteiger partial charge < -0.3 is 9.84 Å². The summed E-state index contributed by atoms with van der Waals surface area (Å²) >= 11 is 5.66. The van der Waals surface area contributed by atoms with E-state index in [9.17, 15) is 13.5 Å². The van der Waals surface area contributed by atoms with Crippen LogP contribution in [0.3, 0.4) is 0 Å². The van der Waals surface area contributed by atoms with Crippen LogP contribution in [0, 0.1) is 0 Å². The molecule has 8 heteroatoms. The molecule has 1 aliphatic rings. The van der Waals surface area contributed by atoms with Crippen molar-refractivity contribution in [2.24, 2.45) is 0 Å². The zero-order chi connectivity index (χ0) is 13.9. The summed E-state index contributed by atoms with van der Waals surface area (Å²) in [6.07, 6.45) is 2.14. The lowest BCUT2D eigenvalue weighted by Crippen LogP contribution is -2.46. The minimum Gasteiger partial charge on any atom is -0.388 e. The first-order valence-electron chi connectivity index (χ1n) is 5.83. The minimum absolute atomic E-state index is 0.0307. The predicted molar refractivity (Wildman–Crippen MR) is 69.4 cm³/mol. The van der Waals surface area contributed by atoms with Crippen LogP contribution < -0.4 is 4.72 Å². The lowest BCUT2D eigenvalue weighted by molar-refractivity contribution is -0.0588. The lowest BCUT2D eigenvalue weighted by Gasteiger charge is -2.31. The quantitative estimate of drug-likeness (QED) is 0.793. The van der Waals surface area contributed by atoms with Gasteiger partial charge in [0.2, 0.25) is 10.0 Å². The number of rotatable bonds is 4. The van der Waals surface area contributed by atoms with Gasteiger partial charge in [-0.2, -0.15) is 0 Å². The zero-order valence-corrected chi connectivity index (χ0v) is 11.7. The molecule has 0 spiro atoms. The zero-order valence-electron chi connectivity index (χ0n) is 10.2. The van der Waals surface area contributed by atoms with Crippen LogP contribution in [0.2, 0.25) is 5.15 Å². The van der Waals surface area contributed by atoms with Crippen LogP contribution in [0.1, 0.15) is 12.8 Å². The van der Waals surface area contributed by atoms with E-state index in [1.807, 2.05) is 0 Å². The fourth-order valence-electron chi connectivity index (χ4n) is 1.79. The Morgan fingerprint density at radius 2 is 2.16 bits per heavy atom. The van der Waals surface area contributed by atoms with Crippen molar-refractivity contribution in [3.8, 4) is 0 Å². The molecule has 0 amide bonds. The van der Waals surface area contributed by atoms with Crippen molar-refractivity contribution < 1.29 is 18.3 Å². The molecule has 2 N–H and O–H groups in total. The number of sulfonamides is 1. The summed E-state index contributed by atoms with van der Waals surface area (Å²) in [6.45, 7) is 0.817. The molecule has 1 aromatic heterocycles. The van der Waals surface area contributed by atoms with Crippen LogP contribution in [-0.2, 0) is 14.8 Å². The van der Waals surface area contributed by atoms with Crippen LogP contribution in [0.15, 0.2) is 23.2 Å². The first-order valence-corrected chi connectivity index (χ1v) is 7.69. The number of aliphatic hydroxyl groups is 1. The van der Waals surface area contributed by atoms with Crippen LogP contribution in [-0.4, -0.2) is 43.9 Å². The van der Waals surface area contributed by atoms with Crippen LogP contribution >= 0.6 is 11.6 Å². The van der Waals surface area contributed by atoms with E-state index in [1.54, 1.807) is 0 Å². The average Bonchev–Trinajstić information content (AvgIpc) is 2.38. The van der Waals surface area contributed by atoms with Crippen molar-refractivity contribution >= 4 is 21.6 Å². The van der Waals surface area contributed by atoms with Crippen molar-refractivity contribution in [3.63, 3.8) is 0 Å². The van der Waals surface area contributed by atoms with E-state index in [4.69, 9.17) is 16.3 Å². The van der Waals surface area contributed by atoms with E-state index in [0.717, 1.165) is 0 Å². The molecule has 19 heavy (non-hydrogen) atoms. The number of hydrogen-bond acceptors (Lipinski definition) is 5. The summed E-state index contributed by atoms with van der Waals surface area (Å²) in [5.41, 5.74) is -1.05. The molecule has 2 rings (SSSR count). The van der Waals surface area contributed by atoms with Gasteiger partial charge in [-0.3, -0.25) is 0 Å². The van der Waals surface area contributed by atoms with E-state index in [1.165, 1.54) is 18.3 Å². The number of halogens is 1. The van der Waals surface area contributed by atoms with Gasteiger partial charge in [0.05, 0.1) is 10.5 Å². The van der Waals surface area contributed by atoms with Crippen LogP contribution in [0.5, 0.6) is 0 Å². The third kappa shape index (κ3) is 3.87.